The first kappa shape index (κ1) is 20.5. The molecule has 0 bridgehead atoms. The lowest BCUT2D eigenvalue weighted by Gasteiger charge is -2.11. The number of imidazole rings is 1. The van der Waals surface area contributed by atoms with Crippen molar-refractivity contribution in [2.75, 3.05) is 6.61 Å². The quantitative estimate of drug-likeness (QED) is 0.344. The molecule has 8 heteroatoms. The van der Waals surface area contributed by atoms with Crippen LogP contribution in [0.1, 0.15) is 33.8 Å². The number of fused-ring (bicyclic) bond motifs is 1. The number of esters is 1. The van der Waals surface area contributed by atoms with Crippen LogP contribution in [0.5, 0.6) is 5.75 Å². The molecule has 0 saturated heterocycles. The number of aryl methyl sites for hydroxylation is 3. The van der Waals surface area contributed by atoms with Gasteiger partial charge in [-0.3, -0.25) is 4.57 Å². The Morgan fingerprint density at radius 1 is 1.13 bits per heavy atom. The number of H-pyrrole nitrogens is 1. The number of nitrogens with zero attached hydrogens (tertiary/aromatic N) is 2. The van der Waals surface area contributed by atoms with E-state index in [1.807, 2.05) is 38.1 Å². The van der Waals surface area contributed by atoms with Gasteiger partial charge in [0, 0.05) is 6.54 Å². The number of carbonyl (C=O) groups is 1. The molecule has 0 fully saturated rings. The fourth-order valence-electron chi connectivity index (χ4n) is 3.41. The molecule has 0 unspecified atom stereocenters. The Labute approximate surface area is 178 Å². The highest BCUT2D eigenvalue weighted by atomic mass is 16.5. The molecular formula is C23H23N3O5. The van der Waals surface area contributed by atoms with Gasteiger partial charge in [-0.05, 0) is 44.5 Å². The lowest BCUT2D eigenvalue weighted by Crippen LogP contribution is -2.18. The van der Waals surface area contributed by atoms with Gasteiger partial charge in [0.15, 0.2) is 0 Å². The summed E-state index contributed by atoms with van der Waals surface area (Å²) in [5.74, 6) is 0.645. The molecule has 2 aromatic carbocycles. The Hall–Kier alpha value is -3.81. The standard InChI is InChI=1S/C23H23N3O5/c1-15-18(16(2)31-25-15)14-30-21-11-6-3-8-17(21)22(27)29-13-7-12-26-20-10-5-4-9-19(20)24-23(26)28/h3-6,8-11H,7,12-14H2,1-2H3,(H,24,28). The van der Waals surface area contributed by atoms with Crippen LogP contribution in [0.15, 0.2) is 57.8 Å². The molecule has 4 rings (SSSR count). The minimum Gasteiger partial charge on any atom is -0.488 e. The number of nitrogens with one attached hydrogen (secondary N) is 1. The van der Waals surface area contributed by atoms with Gasteiger partial charge in [-0.25, -0.2) is 9.59 Å². The first-order valence-corrected chi connectivity index (χ1v) is 10.0. The molecule has 2 aromatic heterocycles. The Bertz CT molecular complexity index is 1250. The highest BCUT2D eigenvalue weighted by molar-refractivity contribution is 5.92. The van der Waals surface area contributed by atoms with Crippen LogP contribution in [0.3, 0.4) is 0 Å². The number of hydrogen-bond acceptors (Lipinski definition) is 6. The number of rotatable bonds is 8. The van der Waals surface area contributed by atoms with Crippen molar-refractivity contribution in [2.24, 2.45) is 0 Å². The van der Waals surface area contributed by atoms with Crippen molar-refractivity contribution in [3.8, 4) is 5.75 Å². The van der Waals surface area contributed by atoms with E-state index in [0.717, 1.165) is 22.3 Å². The van der Waals surface area contributed by atoms with Crippen molar-refractivity contribution in [1.29, 1.82) is 0 Å². The molecule has 0 aliphatic carbocycles. The summed E-state index contributed by atoms with van der Waals surface area (Å²) in [4.78, 5) is 27.5. The van der Waals surface area contributed by atoms with Crippen molar-refractivity contribution in [2.45, 2.75) is 33.4 Å². The summed E-state index contributed by atoms with van der Waals surface area (Å²) in [6.07, 6.45) is 0.510. The van der Waals surface area contributed by atoms with Crippen LogP contribution in [-0.4, -0.2) is 27.3 Å². The Balaban J connectivity index is 1.36. The summed E-state index contributed by atoms with van der Waals surface area (Å²) in [6, 6.07) is 14.4. The number of para-hydroxylation sites is 3. The molecule has 0 amide bonds. The maximum atomic E-state index is 12.6. The van der Waals surface area contributed by atoms with Gasteiger partial charge in [0.25, 0.3) is 0 Å². The fraction of sp³-hybridized carbons (Fsp3) is 0.261. The molecule has 0 atom stereocenters. The third-order valence-corrected chi connectivity index (χ3v) is 5.10. The van der Waals surface area contributed by atoms with Crippen molar-refractivity contribution in [3.63, 3.8) is 0 Å². The second-order valence-corrected chi connectivity index (χ2v) is 7.18. The topological polar surface area (TPSA) is 99.3 Å². The highest BCUT2D eigenvalue weighted by Gasteiger charge is 2.16. The molecule has 160 valence electrons. The van der Waals surface area contributed by atoms with Crippen LogP contribution >= 0.6 is 0 Å². The number of carbonyl (C=O) groups excluding carboxylic acids is 1. The molecular weight excluding hydrogens is 398 g/mol. The molecule has 2 heterocycles. The molecule has 31 heavy (non-hydrogen) atoms. The molecule has 0 aliphatic heterocycles. The summed E-state index contributed by atoms with van der Waals surface area (Å²) in [5.41, 5.74) is 3.40. The number of ether oxygens (including phenoxy) is 2. The van der Waals surface area contributed by atoms with Crippen LogP contribution in [-0.2, 0) is 17.9 Å². The predicted molar refractivity (Wildman–Crippen MR) is 114 cm³/mol. The van der Waals surface area contributed by atoms with E-state index in [4.69, 9.17) is 14.0 Å². The summed E-state index contributed by atoms with van der Waals surface area (Å²) in [5, 5.41) is 3.91. The highest BCUT2D eigenvalue weighted by Crippen LogP contribution is 2.22. The van der Waals surface area contributed by atoms with Crippen LogP contribution in [0.25, 0.3) is 11.0 Å². The second-order valence-electron chi connectivity index (χ2n) is 7.18. The van der Waals surface area contributed by atoms with Crippen LogP contribution < -0.4 is 10.4 Å². The minimum absolute atomic E-state index is 0.175. The molecule has 4 aromatic rings. The van der Waals surface area contributed by atoms with E-state index in [1.165, 1.54) is 0 Å². The molecule has 1 N–H and O–H groups in total. The smallest absolute Gasteiger partial charge is 0.341 e. The van der Waals surface area contributed by atoms with Crippen LogP contribution in [0, 0.1) is 13.8 Å². The van der Waals surface area contributed by atoms with E-state index in [9.17, 15) is 9.59 Å². The van der Waals surface area contributed by atoms with Gasteiger partial charge in [0.1, 0.15) is 23.7 Å². The van der Waals surface area contributed by atoms with Gasteiger partial charge in [0.2, 0.25) is 0 Å². The summed E-state index contributed by atoms with van der Waals surface area (Å²) >= 11 is 0. The lowest BCUT2D eigenvalue weighted by atomic mass is 10.2. The van der Waals surface area contributed by atoms with Crippen molar-refractivity contribution < 1.29 is 18.8 Å². The average Bonchev–Trinajstić information content (AvgIpc) is 3.27. The Morgan fingerprint density at radius 2 is 1.90 bits per heavy atom. The van der Waals surface area contributed by atoms with Gasteiger partial charge in [-0.15, -0.1) is 0 Å². The van der Waals surface area contributed by atoms with E-state index in [1.54, 1.807) is 28.8 Å². The maximum Gasteiger partial charge on any atom is 0.341 e. The molecule has 0 aliphatic rings. The van der Waals surface area contributed by atoms with Gasteiger partial charge < -0.3 is 19.0 Å². The van der Waals surface area contributed by atoms with Crippen LogP contribution in [0.4, 0.5) is 0 Å². The van der Waals surface area contributed by atoms with E-state index in [0.29, 0.717) is 30.0 Å². The van der Waals surface area contributed by atoms with Gasteiger partial charge >= 0.3 is 11.7 Å². The van der Waals surface area contributed by atoms with E-state index in [2.05, 4.69) is 10.1 Å². The van der Waals surface area contributed by atoms with E-state index in [-0.39, 0.29) is 18.9 Å². The Morgan fingerprint density at radius 3 is 2.71 bits per heavy atom. The molecule has 0 saturated carbocycles. The summed E-state index contributed by atoms with van der Waals surface area (Å²) < 4.78 is 18.1. The van der Waals surface area contributed by atoms with Crippen molar-refractivity contribution in [1.82, 2.24) is 14.7 Å². The van der Waals surface area contributed by atoms with E-state index >= 15 is 0 Å². The molecule has 0 radical (unpaired) electrons. The average molecular weight is 421 g/mol. The van der Waals surface area contributed by atoms with Gasteiger partial charge in [0.05, 0.1) is 28.9 Å². The largest absolute Gasteiger partial charge is 0.488 e. The minimum atomic E-state index is -0.472. The van der Waals surface area contributed by atoms with Gasteiger partial charge in [-0.2, -0.15) is 0 Å². The molecule has 8 nitrogen and oxygen atoms in total. The Kier molecular flexibility index (Phi) is 5.88. The van der Waals surface area contributed by atoms with Crippen molar-refractivity contribution in [3.05, 3.63) is 81.6 Å². The first-order chi connectivity index (χ1) is 15.0. The summed E-state index contributed by atoms with van der Waals surface area (Å²) in [7, 11) is 0. The second kappa shape index (κ2) is 8.91. The normalized spacial score (nSPS) is 11.0. The monoisotopic (exact) mass is 421 g/mol. The zero-order valence-corrected chi connectivity index (χ0v) is 17.4. The summed E-state index contributed by atoms with van der Waals surface area (Å²) in [6.45, 7) is 4.53. The van der Waals surface area contributed by atoms with Crippen LogP contribution in [0.2, 0.25) is 0 Å². The van der Waals surface area contributed by atoms with E-state index < -0.39 is 5.97 Å². The predicted octanol–water partition coefficient (Wildman–Crippen LogP) is 3.76. The zero-order chi connectivity index (χ0) is 21.8. The lowest BCUT2D eigenvalue weighted by molar-refractivity contribution is 0.0491. The third-order valence-electron chi connectivity index (χ3n) is 5.10. The first-order valence-electron chi connectivity index (χ1n) is 10.0. The number of benzene rings is 2. The fourth-order valence-corrected chi connectivity index (χ4v) is 3.41. The SMILES string of the molecule is Cc1noc(C)c1COc1ccccc1C(=O)OCCCn1c(=O)[nH]c2ccccc21. The zero-order valence-electron chi connectivity index (χ0n) is 17.4. The van der Waals surface area contributed by atoms with Crippen molar-refractivity contribution >= 4 is 17.0 Å². The number of aromatic nitrogens is 3. The number of aromatic amines is 1. The third kappa shape index (κ3) is 4.37. The molecule has 0 spiro atoms. The maximum absolute atomic E-state index is 12.6. The van der Waals surface area contributed by atoms with Gasteiger partial charge in [-0.1, -0.05) is 29.4 Å². The number of hydrogen-bond donors (Lipinski definition) is 1.